The van der Waals surface area contributed by atoms with Crippen LogP contribution in [0.5, 0.6) is 0 Å². The van der Waals surface area contributed by atoms with Gasteiger partial charge in [-0.05, 0) is 23.8 Å². The molecule has 2 aromatic rings. The van der Waals surface area contributed by atoms with Crippen LogP contribution in [-0.4, -0.2) is 9.89 Å². The van der Waals surface area contributed by atoms with E-state index in [2.05, 4.69) is 39.6 Å². The van der Waals surface area contributed by atoms with Crippen LogP contribution in [0.15, 0.2) is 36.7 Å². The molecule has 1 radical (unpaired) electrons. The van der Waals surface area contributed by atoms with Gasteiger partial charge in [0.1, 0.15) is 5.49 Å². The molecule has 2 aromatic heterocycles. The minimum Gasteiger partial charge on any atom is -0.370 e. The number of thiocarbonyl (C=S) groups is 1. The van der Waals surface area contributed by atoms with Crippen LogP contribution in [0.3, 0.4) is 0 Å². The van der Waals surface area contributed by atoms with Crippen LogP contribution >= 0.6 is 12.2 Å². The van der Waals surface area contributed by atoms with Crippen LogP contribution in [0.25, 0.3) is 5.52 Å². The molecule has 0 atom stereocenters. The molecule has 2 nitrogen and oxygen atoms in total. The van der Waals surface area contributed by atoms with E-state index in [1.54, 1.807) is 0 Å². The molecule has 3 heteroatoms. The molecule has 0 aliphatic carbocycles. The lowest BCUT2D eigenvalue weighted by molar-refractivity contribution is 0.954. The second-order valence-corrected chi connectivity index (χ2v) is 2.99. The Balaban J connectivity index is 2.40. The third-order valence-corrected chi connectivity index (χ3v) is 2.15. The maximum absolute atomic E-state index is 4.58. The molecular formula is C10H9N2S. The molecule has 0 bridgehead atoms. The predicted octanol–water partition coefficient (Wildman–Crippen LogP) is 1.86. The third kappa shape index (κ3) is 1.55. The van der Waals surface area contributed by atoms with Gasteiger partial charge in [0.25, 0.3) is 0 Å². The second kappa shape index (κ2) is 3.58. The number of aromatic nitrogens is 1. The normalized spacial score (nSPS) is 10.2. The van der Waals surface area contributed by atoms with E-state index < -0.39 is 0 Å². The lowest BCUT2D eigenvalue weighted by Crippen LogP contribution is -2.07. The number of hydrogen-bond acceptors (Lipinski definition) is 1. The van der Waals surface area contributed by atoms with Gasteiger partial charge in [0, 0.05) is 24.5 Å². The number of rotatable bonds is 3. The number of fused-ring (bicyclic) bond motifs is 1. The highest BCUT2D eigenvalue weighted by atomic mass is 32.1. The average molecular weight is 189 g/mol. The molecule has 0 unspecified atom stereocenters. The van der Waals surface area contributed by atoms with Gasteiger partial charge in [-0.2, -0.15) is 0 Å². The summed E-state index contributed by atoms with van der Waals surface area (Å²) in [5.41, 5.74) is 4.94. The Labute approximate surface area is 82.2 Å². The van der Waals surface area contributed by atoms with Crippen molar-refractivity contribution < 1.29 is 0 Å². The number of nitrogens with one attached hydrogen (secondary N) is 1. The zero-order valence-corrected chi connectivity index (χ0v) is 7.84. The molecule has 1 N–H and O–H groups in total. The zero-order chi connectivity index (χ0) is 9.10. The van der Waals surface area contributed by atoms with Gasteiger partial charge in [-0.15, -0.1) is 0 Å². The highest BCUT2D eigenvalue weighted by Gasteiger charge is 1.98. The Morgan fingerprint density at radius 3 is 3.08 bits per heavy atom. The summed E-state index contributed by atoms with van der Waals surface area (Å²) in [7, 11) is 0. The summed E-state index contributed by atoms with van der Waals surface area (Å²) in [4.78, 5) is 0. The minimum absolute atomic E-state index is 0.740. The summed E-state index contributed by atoms with van der Waals surface area (Å²) in [6.07, 6.45) is 4.07. The van der Waals surface area contributed by atoms with Crippen molar-refractivity contribution in [3.05, 3.63) is 42.2 Å². The average Bonchev–Trinajstić information content (AvgIpc) is 2.58. The first-order chi connectivity index (χ1) is 6.42. The maximum Gasteiger partial charge on any atom is 0.134 e. The summed E-state index contributed by atoms with van der Waals surface area (Å²) >= 11 is 4.58. The van der Waals surface area contributed by atoms with Crippen LogP contribution in [0, 0.1) is 0 Å². The van der Waals surface area contributed by atoms with E-state index in [9.17, 15) is 0 Å². The summed E-state index contributed by atoms with van der Waals surface area (Å²) in [6.45, 7) is 0.740. The van der Waals surface area contributed by atoms with Crippen LogP contribution < -0.4 is 5.32 Å². The number of hydrogen-bond donors (Lipinski definition) is 1. The minimum atomic E-state index is 0.740. The van der Waals surface area contributed by atoms with Crippen molar-refractivity contribution >= 4 is 23.2 Å². The van der Waals surface area contributed by atoms with Gasteiger partial charge in [0.15, 0.2) is 0 Å². The van der Waals surface area contributed by atoms with Crippen molar-refractivity contribution in [2.75, 3.05) is 0 Å². The monoisotopic (exact) mass is 189 g/mol. The first-order valence-electron chi connectivity index (χ1n) is 4.06. The molecule has 0 saturated heterocycles. The van der Waals surface area contributed by atoms with Crippen molar-refractivity contribution in [3.63, 3.8) is 0 Å². The fraction of sp³-hybridized carbons (Fsp3) is 0.100. The second-order valence-electron chi connectivity index (χ2n) is 2.79. The van der Waals surface area contributed by atoms with E-state index in [1.165, 1.54) is 11.1 Å². The highest BCUT2D eigenvalue weighted by molar-refractivity contribution is 7.78. The SMILES string of the molecule is S=[C]NCc1ccn2ccccc12. The maximum atomic E-state index is 4.58. The van der Waals surface area contributed by atoms with E-state index in [0.717, 1.165) is 6.54 Å². The van der Waals surface area contributed by atoms with Gasteiger partial charge in [-0.3, -0.25) is 0 Å². The van der Waals surface area contributed by atoms with E-state index in [0.29, 0.717) is 0 Å². The first kappa shape index (κ1) is 8.26. The molecule has 0 aliphatic heterocycles. The molecule has 13 heavy (non-hydrogen) atoms. The van der Waals surface area contributed by atoms with Gasteiger partial charge < -0.3 is 9.72 Å². The Bertz CT molecular complexity index is 420. The molecule has 0 spiro atoms. The Hall–Kier alpha value is -1.35. The van der Waals surface area contributed by atoms with Gasteiger partial charge in [0.05, 0.1) is 0 Å². The lowest BCUT2D eigenvalue weighted by atomic mass is 10.2. The number of pyridine rings is 1. The molecule has 2 rings (SSSR count). The summed E-state index contributed by atoms with van der Waals surface area (Å²) in [5, 5.41) is 2.89. The quantitative estimate of drug-likeness (QED) is 0.586. The topological polar surface area (TPSA) is 16.4 Å². The zero-order valence-electron chi connectivity index (χ0n) is 7.03. The molecule has 2 heterocycles. The van der Waals surface area contributed by atoms with Crippen molar-refractivity contribution in [3.8, 4) is 0 Å². The van der Waals surface area contributed by atoms with Crippen LogP contribution in [0.4, 0.5) is 0 Å². The molecule has 0 saturated carbocycles. The van der Waals surface area contributed by atoms with Crippen molar-refractivity contribution in [1.29, 1.82) is 0 Å². The third-order valence-electron chi connectivity index (χ3n) is 2.01. The summed E-state index contributed by atoms with van der Waals surface area (Å²) < 4.78 is 2.08. The molecule has 0 aliphatic rings. The van der Waals surface area contributed by atoms with Crippen LogP contribution in [0.2, 0.25) is 0 Å². The van der Waals surface area contributed by atoms with E-state index in [1.807, 2.05) is 24.5 Å². The first-order valence-corrected chi connectivity index (χ1v) is 4.47. The molecule has 0 amide bonds. The van der Waals surface area contributed by atoms with Crippen molar-refractivity contribution in [2.45, 2.75) is 6.54 Å². The van der Waals surface area contributed by atoms with Crippen molar-refractivity contribution in [1.82, 2.24) is 9.72 Å². The fourth-order valence-electron chi connectivity index (χ4n) is 1.39. The van der Waals surface area contributed by atoms with E-state index >= 15 is 0 Å². The van der Waals surface area contributed by atoms with E-state index in [4.69, 9.17) is 0 Å². The van der Waals surface area contributed by atoms with Crippen LogP contribution in [0.1, 0.15) is 5.56 Å². The van der Waals surface area contributed by atoms with Crippen LogP contribution in [-0.2, 0) is 6.54 Å². The molecule has 0 fully saturated rings. The Kier molecular flexibility index (Phi) is 2.27. The Morgan fingerprint density at radius 1 is 1.31 bits per heavy atom. The van der Waals surface area contributed by atoms with Gasteiger partial charge in [0.2, 0.25) is 0 Å². The standard InChI is InChI=1S/C10H9N2S/c13-8-11-7-9-4-6-12-5-2-1-3-10(9)12/h1-6H,7H2,(H,11,13). The predicted molar refractivity (Wildman–Crippen MR) is 56.8 cm³/mol. The summed E-state index contributed by atoms with van der Waals surface area (Å²) in [6, 6.07) is 8.20. The van der Waals surface area contributed by atoms with Gasteiger partial charge in [-0.25, -0.2) is 0 Å². The van der Waals surface area contributed by atoms with E-state index in [-0.39, 0.29) is 0 Å². The van der Waals surface area contributed by atoms with Gasteiger partial charge >= 0.3 is 0 Å². The number of nitrogens with zero attached hydrogens (tertiary/aromatic N) is 1. The smallest absolute Gasteiger partial charge is 0.134 e. The molecular weight excluding hydrogens is 180 g/mol. The van der Waals surface area contributed by atoms with Gasteiger partial charge in [-0.1, -0.05) is 18.3 Å². The molecule has 65 valence electrons. The largest absolute Gasteiger partial charge is 0.370 e. The molecule has 0 aromatic carbocycles. The summed E-state index contributed by atoms with van der Waals surface area (Å²) in [5.74, 6) is 0. The lowest BCUT2D eigenvalue weighted by Gasteiger charge is -1.98. The van der Waals surface area contributed by atoms with Crippen molar-refractivity contribution in [2.24, 2.45) is 0 Å². The Morgan fingerprint density at radius 2 is 2.23 bits per heavy atom. The highest BCUT2D eigenvalue weighted by Crippen LogP contribution is 2.11. The fourth-order valence-corrected chi connectivity index (χ4v) is 1.47.